The summed E-state index contributed by atoms with van der Waals surface area (Å²) in [6.45, 7) is 7.31. The third-order valence-electron chi connectivity index (χ3n) is 4.39. The second kappa shape index (κ2) is 13.1. The predicted octanol–water partition coefficient (Wildman–Crippen LogP) is 4.54. The Morgan fingerprint density at radius 2 is 1.91 bits per heavy atom. The summed E-state index contributed by atoms with van der Waals surface area (Å²) in [5, 5.41) is 16.9. The minimum Gasteiger partial charge on any atom is -0.491 e. The maximum atomic E-state index is 10.6. The van der Waals surface area contributed by atoms with Gasteiger partial charge in [0, 0.05) is 18.7 Å². The van der Waals surface area contributed by atoms with Crippen LogP contribution in [0.4, 0.5) is 0 Å². The summed E-state index contributed by atoms with van der Waals surface area (Å²) in [5.74, 6) is 1.91. The monoisotopic (exact) mass is 550 g/mol. The Morgan fingerprint density at radius 3 is 2.62 bits per heavy atom. The van der Waals surface area contributed by atoms with E-state index in [0.717, 1.165) is 22.6 Å². The van der Waals surface area contributed by atoms with Gasteiger partial charge in [0.25, 0.3) is 0 Å². The highest BCUT2D eigenvalue weighted by atomic mass is 127. The number of aliphatic imine (C=N–C) groups is 1. The molecule has 3 rings (SSSR count). The first-order chi connectivity index (χ1) is 15.0. The highest BCUT2D eigenvalue weighted by Gasteiger charge is 2.11. The number of oxazole rings is 1. The quantitative estimate of drug-likeness (QED) is 0.206. The standard InChI is InChI=1S/C24H30N4O3.HI/c1-4-25-24(26-14-20-16-30-23(28-20)18-9-6-5-7-10-18)27-15-22(29)19-11-8-12-21(13-19)31-17(2)3;/h5-13,16-17,22,29H,4,14-15H2,1-3H3,(H2,25,26,27);1H. The predicted molar refractivity (Wildman–Crippen MR) is 137 cm³/mol. The number of hydrogen-bond acceptors (Lipinski definition) is 5. The van der Waals surface area contributed by atoms with Crippen LogP contribution in [0.3, 0.4) is 0 Å². The molecule has 3 N–H and O–H groups in total. The van der Waals surface area contributed by atoms with E-state index in [0.29, 0.717) is 31.5 Å². The molecule has 2 aromatic carbocycles. The van der Waals surface area contributed by atoms with Gasteiger partial charge < -0.3 is 24.9 Å². The van der Waals surface area contributed by atoms with E-state index in [1.807, 2.05) is 75.4 Å². The first-order valence-electron chi connectivity index (χ1n) is 10.5. The number of aromatic nitrogens is 1. The molecule has 0 aliphatic carbocycles. The van der Waals surface area contributed by atoms with Crippen molar-refractivity contribution in [3.8, 4) is 17.2 Å². The molecule has 7 nitrogen and oxygen atoms in total. The van der Waals surface area contributed by atoms with Crippen molar-refractivity contribution in [1.29, 1.82) is 0 Å². The molecule has 0 aliphatic rings. The van der Waals surface area contributed by atoms with Crippen molar-refractivity contribution in [3.05, 3.63) is 72.1 Å². The number of guanidine groups is 1. The maximum Gasteiger partial charge on any atom is 0.226 e. The van der Waals surface area contributed by atoms with Crippen LogP contribution in [0.25, 0.3) is 11.5 Å². The normalized spacial score (nSPS) is 12.2. The largest absolute Gasteiger partial charge is 0.491 e. The minimum atomic E-state index is -0.698. The number of hydrogen-bond donors (Lipinski definition) is 3. The molecule has 0 saturated carbocycles. The van der Waals surface area contributed by atoms with Gasteiger partial charge in [-0.1, -0.05) is 30.3 Å². The molecule has 1 aromatic heterocycles. The van der Waals surface area contributed by atoms with Crippen LogP contribution < -0.4 is 15.4 Å². The number of nitrogens with one attached hydrogen (secondary N) is 2. The van der Waals surface area contributed by atoms with Gasteiger partial charge in [0.2, 0.25) is 5.89 Å². The van der Waals surface area contributed by atoms with Crippen molar-refractivity contribution in [3.63, 3.8) is 0 Å². The first-order valence-corrected chi connectivity index (χ1v) is 10.5. The van der Waals surface area contributed by atoms with Crippen molar-refractivity contribution in [1.82, 2.24) is 15.6 Å². The Balaban J connectivity index is 0.00000363. The number of halogens is 1. The molecule has 1 unspecified atom stereocenters. The maximum absolute atomic E-state index is 10.6. The van der Waals surface area contributed by atoms with Gasteiger partial charge in [-0.15, -0.1) is 24.0 Å². The highest BCUT2D eigenvalue weighted by Crippen LogP contribution is 2.20. The van der Waals surface area contributed by atoms with E-state index in [1.54, 1.807) is 6.26 Å². The Kier molecular flexibility index (Phi) is 10.5. The number of ether oxygens (including phenoxy) is 1. The Bertz CT molecular complexity index is 976. The molecular weight excluding hydrogens is 519 g/mol. The smallest absolute Gasteiger partial charge is 0.226 e. The fourth-order valence-electron chi connectivity index (χ4n) is 2.97. The van der Waals surface area contributed by atoms with Crippen LogP contribution in [0, 0.1) is 0 Å². The second-order valence-electron chi connectivity index (χ2n) is 7.34. The third kappa shape index (κ3) is 7.83. The SMILES string of the molecule is CCNC(=NCc1coc(-c2ccccc2)n1)NCC(O)c1cccc(OC(C)C)c1.I. The van der Waals surface area contributed by atoms with Crippen LogP contribution in [0.2, 0.25) is 0 Å². The molecular formula is C24H31IN4O3. The fourth-order valence-corrected chi connectivity index (χ4v) is 2.97. The zero-order chi connectivity index (χ0) is 22.1. The number of rotatable bonds is 9. The lowest BCUT2D eigenvalue weighted by Crippen LogP contribution is -2.39. The molecule has 1 heterocycles. The van der Waals surface area contributed by atoms with E-state index < -0.39 is 6.10 Å². The third-order valence-corrected chi connectivity index (χ3v) is 4.39. The van der Waals surface area contributed by atoms with Crippen molar-refractivity contribution < 1.29 is 14.3 Å². The van der Waals surface area contributed by atoms with Crippen molar-refractivity contribution >= 4 is 29.9 Å². The lowest BCUT2D eigenvalue weighted by Gasteiger charge is -2.17. The van der Waals surface area contributed by atoms with E-state index in [-0.39, 0.29) is 30.1 Å². The van der Waals surface area contributed by atoms with Gasteiger partial charge in [-0.25, -0.2) is 9.98 Å². The zero-order valence-corrected chi connectivity index (χ0v) is 20.9. The van der Waals surface area contributed by atoms with E-state index >= 15 is 0 Å². The number of nitrogens with zero attached hydrogens (tertiary/aromatic N) is 2. The van der Waals surface area contributed by atoms with Crippen LogP contribution in [-0.2, 0) is 6.54 Å². The van der Waals surface area contributed by atoms with Crippen LogP contribution >= 0.6 is 24.0 Å². The molecule has 32 heavy (non-hydrogen) atoms. The van der Waals surface area contributed by atoms with Crippen molar-refractivity contribution in [2.45, 2.75) is 39.5 Å². The van der Waals surface area contributed by atoms with E-state index in [4.69, 9.17) is 9.15 Å². The summed E-state index contributed by atoms with van der Waals surface area (Å²) >= 11 is 0. The van der Waals surface area contributed by atoms with Gasteiger partial charge in [-0.2, -0.15) is 0 Å². The Hall–Kier alpha value is -2.59. The van der Waals surface area contributed by atoms with Crippen LogP contribution in [0.1, 0.15) is 38.1 Å². The average Bonchev–Trinajstić information content (AvgIpc) is 3.25. The minimum absolute atomic E-state index is 0. The van der Waals surface area contributed by atoms with Crippen LogP contribution in [-0.4, -0.2) is 35.2 Å². The molecule has 1 atom stereocenters. The van der Waals surface area contributed by atoms with Crippen molar-refractivity contribution in [2.75, 3.05) is 13.1 Å². The average molecular weight is 550 g/mol. The van der Waals surface area contributed by atoms with E-state index in [1.165, 1.54) is 0 Å². The number of benzene rings is 2. The molecule has 172 valence electrons. The van der Waals surface area contributed by atoms with E-state index in [2.05, 4.69) is 20.6 Å². The van der Waals surface area contributed by atoms with Gasteiger partial charge in [-0.05, 0) is 50.6 Å². The van der Waals surface area contributed by atoms with Gasteiger partial charge in [0.1, 0.15) is 17.7 Å². The van der Waals surface area contributed by atoms with Gasteiger partial charge in [0.15, 0.2) is 5.96 Å². The summed E-state index contributed by atoms with van der Waals surface area (Å²) < 4.78 is 11.3. The molecule has 0 aliphatic heterocycles. The number of aliphatic hydroxyl groups is 1. The summed E-state index contributed by atoms with van der Waals surface area (Å²) in [5.41, 5.74) is 2.44. The van der Waals surface area contributed by atoms with Gasteiger partial charge >= 0.3 is 0 Å². The highest BCUT2D eigenvalue weighted by molar-refractivity contribution is 14.0. The summed E-state index contributed by atoms with van der Waals surface area (Å²) in [6.07, 6.45) is 0.998. The molecule has 0 fully saturated rings. The molecule has 0 saturated heterocycles. The van der Waals surface area contributed by atoms with Gasteiger partial charge in [-0.3, -0.25) is 0 Å². The molecule has 3 aromatic rings. The molecule has 0 amide bonds. The number of aliphatic hydroxyl groups excluding tert-OH is 1. The summed E-state index contributed by atoms with van der Waals surface area (Å²) in [7, 11) is 0. The van der Waals surface area contributed by atoms with Crippen LogP contribution in [0.15, 0.2) is 70.3 Å². The molecule has 8 heteroatoms. The molecule has 0 spiro atoms. The topological polar surface area (TPSA) is 91.9 Å². The molecule has 0 radical (unpaired) electrons. The van der Waals surface area contributed by atoms with E-state index in [9.17, 15) is 5.11 Å². The lowest BCUT2D eigenvalue weighted by molar-refractivity contribution is 0.179. The van der Waals surface area contributed by atoms with Crippen molar-refractivity contribution in [2.24, 2.45) is 4.99 Å². The fraction of sp³-hybridized carbons (Fsp3) is 0.333. The van der Waals surface area contributed by atoms with Gasteiger partial charge in [0.05, 0.1) is 18.8 Å². The Labute approximate surface area is 206 Å². The molecule has 0 bridgehead atoms. The Morgan fingerprint density at radius 1 is 1.12 bits per heavy atom. The first kappa shape index (κ1) is 25.7. The summed E-state index contributed by atoms with van der Waals surface area (Å²) in [6, 6.07) is 17.2. The second-order valence-corrected chi connectivity index (χ2v) is 7.34. The summed E-state index contributed by atoms with van der Waals surface area (Å²) in [4.78, 5) is 9.05. The zero-order valence-electron chi connectivity index (χ0n) is 18.6. The lowest BCUT2D eigenvalue weighted by atomic mass is 10.1. The van der Waals surface area contributed by atoms with Crippen LogP contribution in [0.5, 0.6) is 5.75 Å².